The summed E-state index contributed by atoms with van der Waals surface area (Å²) < 4.78 is 5.45. The number of nitrogens with one attached hydrogen (secondary N) is 1. The minimum absolute atomic E-state index is 0.0925. The first kappa shape index (κ1) is 14.0. The van der Waals surface area contributed by atoms with Crippen molar-refractivity contribution < 1.29 is 9.53 Å². The first-order valence-electron chi connectivity index (χ1n) is 6.90. The lowest BCUT2D eigenvalue weighted by Gasteiger charge is -2.44. The van der Waals surface area contributed by atoms with Gasteiger partial charge in [-0.25, -0.2) is 4.79 Å². The summed E-state index contributed by atoms with van der Waals surface area (Å²) in [5.41, 5.74) is -0.339. The molecule has 0 aromatic carbocycles. The number of carbonyl (C=O) groups is 1. The zero-order valence-electron chi connectivity index (χ0n) is 12.5. The number of rotatable bonds is 2. The second kappa shape index (κ2) is 4.62. The van der Waals surface area contributed by atoms with Gasteiger partial charge in [0.25, 0.3) is 0 Å². The summed E-state index contributed by atoms with van der Waals surface area (Å²) in [5.74, 6) is 0.946. The van der Waals surface area contributed by atoms with Crippen LogP contribution in [0, 0.1) is 0 Å². The molecule has 0 bridgehead atoms. The van der Waals surface area contributed by atoms with Crippen LogP contribution in [-0.4, -0.2) is 53.7 Å². The third-order valence-electron chi connectivity index (χ3n) is 3.74. The van der Waals surface area contributed by atoms with Gasteiger partial charge in [-0.05, 0) is 33.6 Å². The van der Waals surface area contributed by atoms with Gasteiger partial charge in [-0.2, -0.15) is 0 Å². The van der Waals surface area contributed by atoms with E-state index in [-0.39, 0.29) is 11.6 Å². The topological polar surface area (TPSA) is 44.8 Å². The van der Waals surface area contributed by atoms with Crippen LogP contribution in [0.15, 0.2) is 12.4 Å². The highest BCUT2D eigenvalue weighted by Gasteiger charge is 2.52. The van der Waals surface area contributed by atoms with Crippen LogP contribution in [-0.2, 0) is 4.74 Å². The number of piperazine rings is 1. The Morgan fingerprint density at radius 3 is 2.42 bits per heavy atom. The van der Waals surface area contributed by atoms with Gasteiger partial charge in [-0.15, -0.1) is 0 Å². The van der Waals surface area contributed by atoms with E-state index < -0.39 is 5.60 Å². The lowest BCUT2D eigenvalue weighted by molar-refractivity contribution is 0.00442. The number of ether oxygens (including phenoxy) is 1. The van der Waals surface area contributed by atoms with Crippen molar-refractivity contribution in [2.75, 3.05) is 26.7 Å². The van der Waals surface area contributed by atoms with Gasteiger partial charge in [0, 0.05) is 26.7 Å². The van der Waals surface area contributed by atoms with Crippen molar-refractivity contribution in [2.45, 2.75) is 44.8 Å². The Bertz CT molecular complexity index is 383. The van der Waals surface area contributed by atoms with E-state index in [4.69, 9.17) is 4.74 Å². The molecule has 1 heterocycles. The van der Waals surface area contributed by atoms with E-state index in [1.807, 2.05) is 32.7 Å². The number of amides is 1. The molecular weight excluding hydrogens is 242 g/mol. The van der Waals surface area contributed by atoms with Crippen LogP contribution in [0.25, 0.3) is 0 Å². The van der Waals surface area contributed by atoms with Crippen molar-refractivity contribution in [1.82, 2.24) is 15.1 Å². The van der Waals surface area contributed by atoms with Crippen LogP contribution in [0.4, 0.5) is 4.79 Å². The highest BCUT2D eigenvalue weighted by atomic mass is 16.6. The average Bonchev–Trinajstić information content (AvgIpc) is 3.06. The molecule has 0 atom stereocenters. The third-order valence-corrected chi connectivity index (χ3v) is 3.74. The Morgan fingerprint density at radius 2 is 1.95 bits per heavy atom. The van der Waals surface area contributed by atoms with Gasteiger partial charge < -0.3 is 19.9 Å². The highest BCUT2D eigenvalue weighted by molar-refractivity contribution is 5.68. The second-order valence-electron chi connectivity index (χ2n) is 6.47. The summed E-state index contributed by atoms with van der Waals surface area (Å²) in [6.07, 6.45) is 2.04. The molecule has 1 saturated carbocycles. The molecule has 1 N–H and O–H groups in total. The van der Waals surface area contributed by atoms with Crippen LogP contribution < -0.4 is 5.32 Å². The molecule has 1 spiro atoms. The van der Waals surface area contributed by atoms with Crippen LogP contribution >= 0.6 is 0 Å². The van der Waals surface area contributed by atoms with Crippen molar-refractivity contribution in [3.63, 3.8) is 0 Å². The Hall–Kier alpha value is -1.39. The summed E-state index contributed by atoms with van der Waals surface area (Å²) in [7, 11) is 1.89. The predicted molar refractivity (Wildman–Crippen MR) is 74.7 cm³/mol. The molecule has 0 unspecified atom stereocenters. The molecule has 19 heavy (non-hydrogen) atoms. The van der Waals surface area contributed by atoms with Gasteiger partial charge in [0.05, 0.1) is 11.4 Å². The molecule has 108 valence electrons. The first-order chi connectivity index (χ1) is 8.77. The summed E-state index contributed by atoms with van der Waals surface area (Å²) in [6.45, 7) is 12.0. The van der Waals surface area contributed by atoms with Crippen LogP contribution in [0.3, 0.4) is 0 Å². The van der Waals surface area contributed by atoms with E-state index in [0.717, 1.165) is 31.8 Å². The molecule has 0 aromatic rings. The highest BCUT2D eigenvalue weighted by Crippen LogP contribution is 2.45. The molecule has 2 aliphatic rings. The SMILES string of the molecule is C=C(NC)N1CCN(C(=O)OC(C)(C)C)CC12CC2. The van der Waals surface area contributed by atoms with Crippen molar-refractivity contribution >= 4 is 6.09 Å². The Morgan fingerprint density at radius 1 is 1.32 bits per heavy atom. The predicted octanol–water partition coefficient (Wildman–Crippen LogP) is 1.76. The zero-order valence-corrected chi connectivity index (χ0v) is 12.5. The molecule has 0 aromatic heterocycles. The smallest absolute Gasteiger partial charge is 0.410 e. The lowest BCUT2D eigenvalue weighted by atomic mass is 10.1. The van der Waals surface area contributed by atoms with Gasteiger partial charge in [0.2, 0.25) is 0 Å². The van der Waals surface area contributed by atoms with Gasteiger partial charge >= 0.3 is 6.09 Å². The van der Waals surface area contributed by atoms with Crippen LogP contribution in [0.2, 0.25) is 0 Å². The summed E-state index contributed by atoms with van der Waals surface area (Å²) in [4.78, 5) is 16.3. The monoisotopic (exact) mass is 267 g/mol. The van der Waals surface area contributed by atoms with Gasteiger partial charge in [0.1, 0.15) is 5.60 Å². The fourth-order valence-electron chi connectivity index (χ4n) is 2.59. The molecule has 5 nitrogen and oxygen atoms in total. The van der Waals surface area contributed by atoms with Crippen molar-refractivity contribution in [2.24, 2.45) is 0 Å². The standard InChI is InChI=1S/C14H25N3O2/c1-11(15-5)17-9-8-16(10-14(17)6-7-14)12(18)19-13(2,3)4/h15H,1,6-10H2,2-5H3. The Balaban J connectivity index is 1.99. The second-order valence-corrected chi connectivity index (χ2v) is 6.47. The van der Waals surface area contributed by atoms with E-state index >= 15 is 0 Å². The molecular formula is C14H25N3O2. The maximum Gasteiger partial charge on any atom is 0.410 e. The quantitative estimate of drug-likeness (QED) is 0.828. The lowest BCUT2D eigenvalue weighted by Crippen LogP contribution is -2.57. The number of hydrogen-bond acceptors (Lipinski definition) is 4. The Kier molecular flexibility index (Phi) is 3.41. The maximum atomic E-state index is 12.1. The fraction of sp³-hybridized carbons (Fsp3) is 0.786. The number of carbonyl (C=O) groups excluding carboxylic acids is 1. The van der Waals surface area contributed by atoms with Crippen LogP contribution in [0.5, 0.6) is 0 Å². The average molecular weight is 267 g/mol. The first-order valence-corrected chi connectivity index (χ1v) is 6.90. The van der Waals surface area contributed by atoms with Gasteiger partial charge in [0.15, 0.2) is 0 Å². The van der Waals surface area contributed by atoms with E-state index in [0.29, 0.717) is 6.54 Å². The maximum absolute atomic E-state index is 12.1. The molecule has 1 amide bonds. The molecule has 2 fully saturated rings. The Labute approximate surface area is 115 Å². The molecule has 2 rings (SSSR count). The van der Waals surface area contributed by atoms with Crippen molar-refractivity contribution in [1.29, 1.82) is 0 Å². The van der Waals surface area contributed by atoms with Crippen molar-refractivity contribution in [3.8, 4) is 0 Å². The van der Waals surface area contributed by atoms with E-state index in [1.165, 1.54) is 0 Å². The molecule has 1 aliphatic carbocycles. The molecule has 0 radical (unpaired) electrons. The van der Waals surface area contributed by atoms with E-state index in [2.05, 4.69) is 16.8 Å². The van der Waals surface area contributed by atoms with Gasteiger partial charge in [-0.3, -0.25) is 0 Å². The van der Waals surface area contributed by atoms with Crippen molar-refractivity contribution in [3.05, 3.63) is 12.4 Å². The molecule has 1 aliphatic heterocycles. The summed E-state index contributed by atoms with van der Waals surface area (Å²) in [6, 6.07) is 0. The minimum Gasteiger partial charge on any atom is -0.444 e. The third kappa shape index (κ3) is 2.96. The normalized spacial score (nSPS) is 21.3. The zero-order chi connectivity index (χ0) is 14.3. The summed E-state index contributed by atoms with van der Waals surface area (Å²) >= 11 is 0. The van der Waals surface area contributed by atoms with Gasteiger partial charge in [-0.1, -0.05) is 6.58 Å². The van der Waals surface area contributed by atoms with E-state index in [1.54, 1.807) is 0 Å². The fourth-order valence-corrected chi connectivity index (χ4v) is 2.59. The number of nitrogens with zero attached hydrogens (tertiary/aromatic N) is 2. The molecule has 5 heteroatoms. The van der Waals surface area contributed by atoms with E-state index in [9.17, 15) is 4.79 Å². The summed E-state index contributed by atoms with van der Waals surface area (Å²) in [5, 5.41) is 3.11. The minimum atomic E-state index is -0.431. The van der Waals surface area contributed by atoms with Crippen LogP contribution in [0.1, 0.15) is 33.6 Å². The number of hydrogen-bond donors (Lipinski definition) is 1. The molecule has 1 saturated heterocycles. The largest absolute Gasteiger partial charge is 0.444 e.